The lowest BCUT2D eigenvalue weighted by atomic mass is 9.52. The Morgan fingerprint density at radius 3 is 2.51 bits per heavy atom. The van der Waals surface area contributed by atoms with Gasteiger partial charge in [0.2, 0.25) is 11.8 Å². The Morgan fingerprint density at radius 1 is 1.22 bits per heavy atom. The minimum atomic E-state index is -0.565. The van der Waals surface area contributed by atoms with Crippen LogP contribution in [0.4, 0.5) is 0 Å². The molecule has 2 amide bonds. The van der Waals surface area contributed by atoms with Gasteiger partial charge in [0, 0.05) is 18.2 Å². The van der Waals surface area contributed by atoms with E-state index in [0.717, 1.165) is 57.8 Å². The summed E-state index contributed by atoms with van der Waals surface area (Å²) in [5, 5.41) is 21.8. The average Bonchev–Trinajstić information content (AvgIpc) is 3.47. The van der Waals surface area contributed by atoms with Crippen molar-refractivity contribution in [2.75, 3.05) is 6.61 Å². The van der Waals surface area contributed by atoms with Crippen LogP contribution in [-0.4, -0.2) is 50.5 Å². The van der Waals surface area contributed by atoms with E-state index in [1.54, 1.807) is 17.1 Å². The summed E-state index contributed by atoms with van der Waals surface area (Å²) < 4.78 is 7.70. The molecule has 4 bridgehead atoms. The van der Waals surface area contributed by atoms with E-state index >= 15 is 0 Å². The van der Waals surface area contributed by atoms with Crippen molar-refractivity contribution >= 4 is 18.0 Å². The number of ether oxygens (including phenoxy) is 1. The summed E-state index contributed by atoms with van der Waals surface area (Å²) in [7, 11) is 0. The van der Waals surface area contributed by atoms with Crippen molar-refractivity contribution < 1.29 is 19.4 Å². The zero-order chi connectivity index (χ0) is 26.4. The predicted molar refractivity (Wildman–Crippen MR) is 142 cm³/mol. The first-order valence-corrected chi connectivity index (χ1v) is 14.3. The quantitative estimate of drug-likeness (QED) is 0.461. The standard InChI is InChI=1S/C29H44N4O4/c1-18(2)17-37-27-23(26(35)31-24-21-11-19-12-22(24)15-29(36,13-19)14-21)16-30-33(27)10-9-28(3,4)32-25(34)20-7-5-6-8-20/h9-10,16,18-22,24,36H,5-8,11-15,17H2,1-4H3,(H,31,35)(H,32,34)/b10-9+/t19?,21?,22?,24-,29-. The van der Waals surface area contributed by atoms with Crippen LogP contribution in [0.25, 0.3) is 6.20 Å². The summed E-state index contributed by atoms with van der Waals surface area (Å²) in [5.74, 6) is 1.99. The van der Waals surface area contributed by atoms with Gasteiger partial charge in [-0.05, 0) is 88.5 Å². The maximum absolute atomic E-state index is 13.5. The van der Waals surface area contributed by atoms with Crippen LogP contribution >= 0.6 is 0 Å². The molecule has 5 aliphatic carbocycles. The largest absolute Gasteiger partial charge is 0.477 e. The third-order valence-electron chi connectivity index (χ3n) is 8.89. The first-order valence-electron chi connectivity index (χ1n) is 14.3. The number of aromatic nitrogens is 2. The second kappa shape index (κ2) is 10.1. The summed E-state index contributed by atoms with van der Waals surface area (Å²) >= 11 is 0. The minimum absolute atomic E-state index is 0.0888. The molecule has 0 aliphatic heterocycles. The number of amides is 2. The van der Waals surface area contributed by atoms with E-state index in [9.17, 15) is 14.7 Å². The number of hydrogen-bond donors (Lipinski definition) is 3. The van der Waals surface area contributed by atoms with Crippen molar-refractivity contribution in [1.82, 2.24) is 20.4 Å². The van der Waals surface area contributed by atoms with E-state index < -0.39 is 11.1 Å². The normalized spacial score (nSPS) is 31.4. The lowest BCUT2D eigenvalue weighted by molar-refractivity contribution is -0.137. The molecule has 5 aliphatic rings. The van der Waals surface area contributed by atoms with Crippen LogP contribution in [0.1, 0.15) is 95.8 Å². The third kappa shape index (κ3) is 5.74. The van der Waals surface area contributed by atoms with Gasteiger partial charge in [-0.1, -0.05) is 26.7 Å². The van der Waals surface area contributed by atoms with E-state index in [1.165, 1.54) is 0 Å². The van der Waals surface area contributed by atoms with Gasteiger partial charge >= 0.3 is 0 Å². The van der Waals surface area contributed by atoms with Crippen LogP contribution in [0.5, 0.6) is 5.88 Å². The number of carbonyl (C=O) groups excluding carboxylic acids is 2. The maximum Gasteiger partial charge on any atom is 0.258 e. The van der Waals surface area contributed by atoms with Crippen LogP contribution in [0.2, 0.25) is 0 Å². The Morgan fingerprint density at radius 2 is 1.89 bits per heavy atom. The number of aliphatic hydroxyl groups is 1. The predicted octanol–water partition coefficient (Wildman–Crippen LogP) is 4.14. The van der Waals surface area contributed by atoms with Gasteiger partial charge < -0.3 is 20.5 Å². The average molecular weight is 513 g/mol. The monoisotopic (exact) mass is 512 g/mol. The summed E-state index contributed by atoms with van der Waals surface area (Å²) in [5.41, 5.74) is -0.672. The number of nitrogens with one attached hydrogen (secondary N) is 2. The molecule has 0 spiro atoms. The van der Waals surface area contributed by atoms with Crippen molar-refractivity contribution in [3.8, 4) is 5.88 Å². The highest BCUT2D eigenvalue weighted by atomic mass is 16.5. The van der Waals surface area contributed by atoms with Crippen LogP contribution < -0.4 is 15.4 Å². The zero-order valence-corrected chi connectivity index (χ0v) is 22.8. The van der Waals surface area contributed by atoms with Gasteiger partial charge in [0.25, 0.3) is 5.91 Å². The fourth-order valence-corrected chi connectivity index (χ4v) is 7.35. The summed E-state index contributed by atoms with van der Waals surface area (Å²) in [4.78, 5) is 26.2. The van der Waals surface area contributed by atoms with Gasteiger partial charge in [0.05, 0.1) is 23.9 Å². The molecule has 0 radical (unpaired) electrons. The first kappa shape index (κ1) is 26.3. The van der Waals surface area contributed by atoms with Crippen molar-refractivity contribution in [3.63, 3.8) is 0 Å². The second-order valence-corrected chi connectivity index (χ2v) is 13.2. The van der Waals surface area contributed by atoms with Crippen LogP contribution in [0, 0.1) is 29.6 Å². The van der Waals surface area contributed by atoms with Crippen LogP contribution in [0.3, 0.4) is 0 Å². The van der Waals surface area contributed by atoms with Gasteiger partial charge in [0.15, 0.2) is 0 Å². The number of carbonyl (C=O) groups is 2. The van der Waals surface area contributed by atoms with Crippen molar-refractivity contribution in [2.24, 2.45) is 29.6 Å². The minimum Gasteiger partial charge on any atom is -0.477 e. The highest BCUT2D eigenvalue weighted by Crippen LogP contribution is 2.55. The molecule has 3 N–H and O–H groups in total. The second-order valence-electron chi connectivity index (χ2n) is 13.2. The van der Waals surface area contributed by atoms with E-state index in [1.807, 2.05) is 19.9 Å². The van der Waals surface area contributed by atoms with Gasteiger partial charge in [-0.25, -0.2) is 4.68 Å². The first-order chi connectivity index (χ1) is 17.5. The summed E-state index contributed by atoms with van der Waals surface area (Å²) in [6.45, 7) is 8.52. The van der Waals surface area contributed by atoms with Gasteiger partial charge in [-0.15, -0.1) is 0 Å². The lowest BCUT2D eigenvalue weighted by Gasteiger charge is -2.58. The molecule has 5 saturated carbocycles. The van der Waals surface area contributed by atoms with Crippen molar-refractivity contribution in [1.29, 1.82) is 0 Å². The topological polar surface area (TPSA) is 105 Å². The fraction of sp³-hybridized carbons (Fsp3) is 0.759. The molecule has 2 atom stereocenters. The third-order valence-corrected chi connectivity index (χ3v) is 8.89. The molecule has 204 valence electrons. The van der Waals surface area contributed by atoms with E-state index in [-0.39, 0.29) is 29.7 Å². The Bertz CT molecular complexity index is 1020. The molecule has 0 saturated heterocycles. The van der Waals surface area contributed by atoms with Gasteiger partial charge in [0.1, 0.15) is 5.56 Å². The number of rotatable bonds is 9. The molecule has 8 nitrogen and oxygen atoms in total. The van der Waals surface area contributed by atoms with E-state index in [4.69, 9.17) is 4.74 Å². The molecule has 1 aromatic rings. The van der Waals surface area contributed by atoms with Crippen LogP contribution in [0.15, 0.2) is 12.3 Å². The molecule has 6 rings (SSSR count). The fourth-order valence-electron chi connectivity index (χ4n) is 7.35. The number of nitrogens with zero attached hydrogens (tertiary/aromatic N) is 2. The molecule has 0 aromatic carbocycles. The number of hydrogen-bond acceptors (Lipinski definition) is 5. The molecular formula is C29H44N4O4. The molecule has 8 heteroatoms. The smallest absolute Gasteiger partial charge is 0.258 e. The highest BCUT2D eigenvalue weighted by molar-refractivity contribution is 5.96. The molecule has 5 fully saturated rings. The van der Waals surface area contributed by atoms with Gasteiger partial charge in [-0.2, -0.15) is 5.10 Å². The Hall–Kier alpha value is -2.35. The van der Waals surface area contributed by atoms with E-state index in [0.29, 0.717) is 35.8 Å². The molecule has 37 heavy (non-hydrogen) atoms. The van der Waals surface area contributed by atoms with Crippen molar-refractivity contribution in [2.45, 2.75) is 103 Å². The lowest BCUT2D eigenvalue weighted by Crippen LogP contribution is -2.61. The van der Waals surface area contributed by atoms with Crippen LogP contribution in [-0.2, 0) is 4.79 Å². The molecule has 1 heterocycles. The Kier molecular flexibility index (Phi) is 7.16. The zero-order valence-electron chi connectivity index (χ0n) is 22.8. The van der Waals surface area contributed by atoms with Gasteiger partial charge in [-0.3, -0.25) is 9.59 Å². The maximum atomic E-state index is 13.5. The Balaban J connectivity index is 1.30. The van der Waals surface area contributed by atoms with E-state index in [2.05, 4.69) is 29.6 Å². The van der Waals surface area contributed by atoms with Crippen molar-refractivity contribution in [3.05, 3.63) is 17.8 Å². The summed E-state index contributed by atoms with van der Waals surface area (Å²) in [6, 6.07) is 0.0888. The molecule has 2 unspecified atom stereocenters. The SMILES string of the molecule is CC(C)COc1c(C(=O)N[C@H]2C3CC4CC2C[C@](O)(C4)C3)cnn1/C=C/C(C)(C)NC(=O)C1CCCC1. The Labute approximate surface area is 220 Å². The summed E-state index contributed by atoms with van der Waals surface area (Å²) in [6.07, 6.45) is 14.1. The molecular weight excluding hydrogens is 468 g/mol. The highest BCUT2D eigenvalue weighted by Gasteiger charge is 2.55. The molecule has 1 aromatic heterocycles.